The normalized spacial score (nSPS) is 12.1. The van der Waals surface area contributed by atoms with E-state index in [0.29, 0.717) is 16.5 Å². The average molecular weight is 482 g/mol. The molecule has 0 saturated carbocycles. The standard InChI is InChI=1S/C26H23N7OS/c1-15-10-17(3)23-21(11-15)16(2)12-22-30-31-26(32(22)23)35-18(4)25(34)29-24-19(13-27)14-28-33(24)20-8-6-5-7-9-20/h5-12,14,18H,1-4H3,(H,29,34). The first-order valence-corrected chi connectivity index (χ1v) is 12.0. The number of carbonyl (C=O) groups excluding carboxylic acids is 1. The number of rotatable bonds is 5. The van der Waals surface area contributed by atoms with Crippen LogP contribution in [0.5, 0.6) is 0 Å². The van der Waals surface area contributed by atoms with Crippen molar-refractivity contribution in [3.63, 3.8) is 0 Å². The summed E-state index contributed by atoms with van der Waals surface area (Å²) in [5.41, 5.74) is 6.27. The molecule has 5 rings (SSSR count). The molecule has 0 aliphatic heterocycles. The summed E-state index contributed by atoms with van der Waals surface area (Å²) in [7, 11) is 0. The topological polar surface area (TPSA) is 101 Å². The van der Waals surface area contributed by atoms with Gasteiger partial charge < -0.3 is 5.32 Å². The zero-order valence-electron chi connectivity index (χ0n) is 19.8. The van der Waals surface area contributed by atoms with Crippen molar-refractivity contribution in [1.29, 1.82) is 5.26 Å². The quantitative estimate of drug-likeness (QED) is 0.355. The Morgan fingerprint density at radius 2 is 1.86 bits per heavy atom. The summed E-state index contributed by atoms with van der Waals surface area (Å²) in [5.74, 6) is 0.0829. The lowest BCUT2D eigenvalue weighted by atomic mass is 10.0. The Morgan fingerprint density at radius 1 is 1.09 bits per heavy atom. The fraction of sp³-hybridized carbons (Fsp3) is 0.192. The van der Waals surface area contributed by atoms with E-state index in [0.717, 1.165) is 33.4 Å². The molecule has 1 amide bonds. The molecule has 35 heavy (non-hydrogen) atoms. The number of aryl methyl sites for hydroxylation is 3. The number of thioether (sulfide) groups is 1. The molecule has 5 aromatic rings. The summed E-state index contributed by atoms with van der Waals surface area (Å²) in [4.78, 5) is 13.2. The van der Waals surface area contributed by atoms with E-state index in [2.05, 4.69) is 59.6 Å². The minimum Gasteiger partial charge on any atom is -0.309 e. The van der Waals surface area contributed by atoms with Crippen molar-refractivity contribution in [2.24, 2.45) is 0 Å². The molecule has 0 aliphatic rings. The molecule has 0 spiro atoms. The van der Waals surface area contributed by atoms with Crippen LogP contribution in [0.1, 0.15) is 29.2 Å². The van der Waals surface area contributed by atoms with E-state index in [-0.39, 0.29) is 5.91 Å². The third kappa shape index (κ3) is 4.02. The third-order valence-corrected chi connectivity index (χ3v) is 6.92. The van der Waals surface area contributed by atoms with Gasteiger partial charge in [0.25, 0.3) is 0 Å². The number of benzene rings is 2. The summed E-state index contributed by atoms with van der Waals surface area (Å²) in [6.07, 6.45) is 1.45. The van der Waals surface area contributed by atoms with E-state index in [9.17, 15) is 10.1 Å². The van der Waals surface area contributed by atoms with E-state index in [1.165, 1.54) is 23.5 Å². The van der Waals surface area contributed by atoms with Gasteiger partial charge in [-0.05, 0) is 63.1 Å². The minimum atomic E-state index is -0.504. The van der Waals surface area contributed by atoms with Crippen LogP contribution in [0.2, 0.25) is 0 Å². The monoisotopic (exact) mass is 481 g/mol. The van der Waals surface area contributed by atoms with Gasteiger partial charge in [0.15, 0.2) is 16.6 Å². The van der Waals surface area contributed by atoms with E-state index in [1.54, 1.807) is 4.68 Å². The first-order chi connectivity index (χ1) is 16.9. The summed E-state index contributed by atoms with van der Waals surface area (Å²) < 4.78 is 3.57. The highest BCUT2D eigenvalue weighted by Crippen LogP contribution is 2.31. The molecule has 0 fully saturated rings. The van der Waals surface area contributed by atoms with E-state index < -0.39 is 5.25 Å². The van der Waals surface area contributed by atoms with E-state index >= 15 is 0 Å². The molecule has 8 nitrogen and oxygen atoms in total. The molecular weight excluding hydrogens is 458 g/mol. The van der Waals surface area contributed by atoms with Crippen LogP contribution in [-0.2, 0) is 4.79 Å². The number of anilines is 1. The zero-order valence-corrected chi connectivity index (χ0v) is 20.6. The van der Waals surface area contributed by atoms with Gasteiger partial charge in [-0.1, -0.05) is 41.6 Å². The van der Waals surface area contributed by atoms with Crippen LogP contribution < -0.4 is 5.32 Å². The highest BCUT2D eigenvalue weighted by Gasteiger charge is 2.23. The molecule has 0 radical (unpaired) electrons. The Bertz CT molecular complexity index is 1630. The maximum atomic E-state index is 13.2. The van der Waals surface area contributed by atoms with Crippen LogP contribution in [0.25, 0.3) is 22.2 Å². The maximum absolute atomic E-state index is 13.2. The van der Waals surface area contributed by atoms with Crippen LogP contribution in [-0.4, -0.2) is 35.5 Å². The van der Waals surface area contributed by atoms with Crippen molar-refractivity contribution in [3.05, 3.63) is 77.0 Å². The zero-order chi connectivity index (χ0) is 24.7. The number of para-hydroxylation sites is 1. The van der Waals surface area contributed by atoms with Gasteiger partial charge in [0.1, 0.15) is 11.6 Å². The molecule has 1 N–H and O–H groups in total. The van der Waals surface area contributed by atoms with Crippen molar-refractivity contribution in [1.82, 2.24) is 24.4 Å². The molecule has 1 unspecified atom stereocenters. The molecule has 2 aromatic carbocycles. The lowest BCUT2D eigenvalue weighted by molar-refractivity contribution is -0.115. The lowest BCUT2D eigenvalue weighted by Gasteiger charge is -2.14. The molecule has 174 valence electrons. The number of carbonyl (C=O) groups is 1. The van der Waals surface area contributed by atoms with Gasteiger partial charge in [0.2, 0.25) is 5.91 Å². The smallest absolute Gasteiger partial charge is 0.238 e. The van der Waals surface area contributed by atoms with Crippen LogP contribution in [0, 0.1) is 32.1 Å². The van der Waals surface area contributed by atoms with Crippen molar-refractivity contribution in [2.75, 3.05) is 5.32 Å². The fourth-order valence-corrected chi connectivity index (χ4v) is 5.10. The first kappa shape index (κ1) is 22.6. The molecule has 0 bridgehead atoms. The Labute approximate surface area is 206 Å². The summed E-state index contributed by atoms with van der Waals surface area (Å²) in [6, 6.07) is 17.8. The van der Waals surface area contributed by atoms with Crippen molar-refractivity contribution in [3.8, 4) is 11.8 Å². The number of fused-ring (bicyclic) bond motifs is 3. The highest BCUT2D eigenvalue weighted by molar-refractivity contribution is 8.00. The average Bonchev–Trinajstić information content (AvgIpc) is 3.43. The van der Waals surface area contributed by atoms with Crippen molar-refractivity contribution >= 4 is 40.0 Å². The van der Waals surface area contributed by atoms with Gasteiger partial charge in [-0.25, -0.2) is 4.68 Å². The second-order valence-electron chi connectivity index (χ2n) is 8.50. The molecular formula is C26H23N7OS. The Balaban J connectivity index is 1.48. The van der Waals surface area contributed by atoms with E-state index in [1.807, 2.05) is 47.7 Å². The summed E-state index contributed by atoms with van der Waals surface area (Å²) in [5, 5.41) is 26.8. The van der Waals surface area contributed by atoms with Crippen LogP contribution in [0.3, 0.4) is 0 Å². The summed E-state index contributed by atoms with van der Waals surface area (Å²) in [6.45, 7) is 8.04. The van der Waals surface area contributed by atoms with Gasteiger partial charge in [-0.15, -0.1) is 10.2 Å². The SMILES string of the molecule is Cc1cc(C)c2c(c1)c(C)cc1nnc(SC(C)C(=O)Nc3c(C#N)cnn3-c3ccccc3)n12. The summed E-state index contributed by atoms with van der Waals surface area (Å²) >= 11 is 1.32. The predicted octanol–water partition coefficient (Wildman–Crippen LogP) is 4.98. The Hall–Kier alpha value is -4.16. The second kappa shape index (κ2) is 8.89. The third-order valence-electron chi connectivity index (χ3n) is 5.88. The first-order valence-electron chi connectivity index (χ1n) is 11.1. The van der Waals surface area contributed by atoms with Gasteiger partial charge in [0, 0.05) is 5.39 Å². The molecule has 9 heteroatoms. The van der Waals surface area contributed by atoms with Gasteiger partial charge in [-0.2, -0.15) is 10.4 Å². The highest BCUT2D eigenvalue weighted by atomic mass is 32.2. The fourth-order valence-electron chi connectivity index (χ4n) is 4.24. The van der Waals surface area contributed by atoms with Gasteiger partial charge in [-0.3, -0.25) is 9.20 Å². The minimum absolute atomic E-state index is 0.259. The number of hydrogen-bond acceptors (Lipinski definition) is 6. The molecule has 0 saturated heterocycles. The van der Waals surface area contributed by atoms with Crippen LogP contribution in [0.4, 0.5) is 5.82 Å². The predicted molar refractivity (Wildman–Crippen MR) is 137 cm³/mol. The molecule has 3 heterocycles. The maximum Gasteiger partial charge on any atom is 0.238 e. The number of aromatic nitrogens is 5. The molecule has 1 atom stereocenters. The van der Waals surface area contributed by atoms with Crippen molar-refractivity contribution < 1.29 is 4.79 Å². The largest absolute Gasteiger partial charge is 0.309 e. The number of nitrogens with one attached hydrogen (secondary N) is 1. The van der Waals surface area contributed by atoms with Crippen LogP contribution >= 0.6 is 11.8 Å². The van der Waals surface area contributed by atoms with Crippen molar-refractivity contribution in [2.45, 2.75) is 38.1 Å². The van der Waals surface area contributed by atoms with Gasteiger partial charge in [0.05, 0.1) is 22.7 Å². The molecule has 3 aromatic heterocycles. The number of hydrogen-bond donors (Lipinski definition) is 1. The lowest BCUT2D eigenvalue weighted by Crippen LogP contribution is -2.24. The number of amides is 1. The second-order valence-corrected chi connectivity index (χ2v) is 9.80. The van der Waals surface area contributed by atoms with Gasteiger partial charge >= 0.3 is 0 Å². The number of nitriles is 1. The molecule has 0 aliphatic carbocycles. The van der Waals surface area contributed by atoms with Crippen LogP contribution in [0.15, 0.2) is 59.9 Å². The van der Waals surface area contributed by atoms with E-state index in [4.69, 9.17) is 0 Å². The number of nitrogens with zero attached hydrogens (tertiary/aromatic N) is 6. The Morgan fingerprint density at radius 3 is 2.60 bits per heavy atom. The Kier molecular flexibility index (Phi) is 5.75. The number of pyridine rings is 1.